The van der Waals surface area contributed by atoms with Gasteiger partial charge in [-0.05, 0) is 49.3 Å². The van der Waals surface area contributed by atoms with Gasteiger partial charge in [0, 0.05) is 32.2 Å². The average molecular weight is 380 g/mol. The molecule has 0 atom stereocenters. The molecule has 1 aliphatic heterocycles. The molecule has 1 aromatic rings. The first kappa shape index (κ1) is 19.3. The van der Waals surface area contributed by atoms with Crippen LogP contribution in [0.4, 0.5) is 0 Å². The number of hydrogen-bond donors (Lipinski definition) is 1. The van der Waals surface area contributed by atoms with E-state index in [2.05, 4.69) is 5.32 Å². The standard InChI is InChI=1S/C16H20N4O3S2/c1-19(10-4-9-17)16(24)18-15(21)13-5-7-14(8-6-13)25(22,23)20-11-2-3-12-20/h5-8H,2-4,10-12H2,1H3,(H,18,21,24). The number of benzene rings is 1. The molecule has 7 nitrogen and oxygen atoms in total. The van der Waals surface area contributed by atoms with Gasteiger partial charge in [0.25, 0.3) is 5.91 Å². The number of sulfonamides is 1. The minimum absolute atomic E-state index is 0.180. The highest BCUT2D eigenvalue weighted by molar-refractivity contribution is 7.89. The van der Waals surface area contributed by atoms with E-state index >= 15 is 0 Å². The Morgan fingerprint density at radius 1 is 1.32 bits per heavy atom. The van der Waals surface area contributed by atoms with Gasteiger partial charge in [-0.15, -0.1) is 0 Å². The SMILES string of the molecule is CN(CCC#N)C(=S)NC(=O)c1ccc(S(=O)(=O)N2CCCC2)cc1. The van der Waals surface area contributed by atoms with Crippen molar-refractivity contribution in [2.75, 3.05) is 26.7 Å². The predicted molar refractivity (Wildman–Crippen MR) is 97.4 cm³/mol. The maximum Gasteiger partial charge on any atom is 0.257 e. The summed E-state index contributed by atoms with van der Waals surface area (Å²) in [5.74, 6) is -0.418. The van der Waals surface area contributed by atoms with Crippen molar-refractivity contribution in [3.05, 3.63) is 29.8 Å². The summed E-state index contributed by atoms with van der Waals surface area (Å²) in [7, 11) is -1.80. The molecule has 1 heterocycles. The quantitative estimate of drug-likeness (QED) is 0.775. The Morgan fingerprint density at radius 2 is 1.92 bits per heavy atom. The summed E-state index contributed by atoms with van der Waals surface area (Å²) >= 11 is 5.11. The number of nitrogens with zero attached hydrogens (tertiary/aromatic N) is 3. The van der Waals surface area contributed by atoms with Crippen molar-refractivity contribution in [2.45, 2.75) is 24.2 Å². The fourth-order valence-corrected chi connectivity index (χ4v) is 4.14. The van der Waals surface area contributed by atoms with Gasteiger partial charge in [0.05, 0.1) is 17.4 Å². The lowest BCUT2D eigenvalue weighted by molar-refractivity contribution is 0.0974. The Labute approximate surface area is 153 Å². The van der Waals surface area contributed by atoms with E-state index in [1.54, 1.807) is 11.9 Å². The van der Waals surface area contributed by atoms with Crippen molar-refractivity contribution in [3.8, 4) is 6.07 Å². The predicted octanol–water partition coefficient (Wildman–Crippen LogP) is 1.33. The highest BCUT2D eigenvalue weighted by atomic mass is 32.2. The monoisotopic (exact) mass is 380 g/mol. The second kappa shape index (κ2) is 8.38. The topological polar surface area (TPSA) is 93.5 Å². The number of rotatable bonds is 5. The minimum atomic E-state index is -3.49. The molecule has 0 aliphatic carbocycles. The van der Waals surface area contributed by atoms with E-state index < -0.39 is 15.9 Å². The Morgan fingerprint density at radius 3 is 2.48 bits per heavy atom. The van der Waals surface area contributed by atoms with Crippen molar-refractivity contribution in [3.63, 3.8) is 0 Å². The van der Waals surface area contributed by atoms with Crippen LogP contribution < -0.4 is 5.32 Å². The number of nitrogens with one attached hydrogen (secondary N) is 1. The second-order valence-corrected chi connectivity index (χ2v) is 8.05. The lowest BCUT2D eigenvalue weighted by Crippen LogP contribution is -2.40. The molecule has 1 aliphatic rings. The van der Waals surface area contributed by atoms with Crippen LogP contribution in [0.2, 0.25) is 0 Å². The van der Waals surface area contributed by atoms with Crippen LogP contribution in [-0.4, -0.2) is 55.3 Å². The lowest BCUT2D eigenvalue weighted by atomic mass is 10.2. The van der Waals surface area contributed by atoms with E-state index in [-0.39, 0.29) is 10.0 Å². The van der Waals surface area contributed by atoms with E-state index in [1.807, 2.05) is 6.07 Å². The second-order valence-electron chi connectivity index (χ2n) is 5.72. The first-order valence-corrected chi connectivity index (χ1v) is 9.74. The van der Waals surface area contributed by atoms with E-state index in [4.69, 9.17) is 17.5 Å². The van der Waals surface area contributed by atoms with Crippen LogP contribution in [-0.2, 0) is 10.0 Å². The average Bonchev–Trinajstić information content (AvgIpc) is 3.15. The van der Waals surface area contributed by atoms with Crippen LogP contribution in [0.1, 0.15) is 29.6 Å². The van der Waals surface area contributed by atoms with E-state index in [9.17, 15) is 13.2 Å². The van der Waals surface area contributed by atoms with Crippen molar-refractivity contribution in [2.24, 2.45) is 0 Å². The molecule has 9 heteroatoms. The number of hydrogen-bond acceptors (Lipinski definition) is 5. The zero-order valence-electron chi connectivity index (χ0n) is 13.9. The van der Waals surface area contributed by atoms with Gasteiger partial charge < -0.3 is 4.90 Å². The van der Waals surface area contributed by atoms with Gasteiger partial charge in [-0.2, -0.15) is 9.57 Å². The van der Waals surface area contributed by atoms with Crippen LogP contribution >= 0.6 is 12.2 Å². The fourth-order valence-electron chi connectivity index (χ4n) is 2.44. The third kappa shape index (κ3) is 4.75. The van der Waals surface area contributed by atoms with Crippen LogP contribution in [0.5, 0.6) is 0 Å². The number of amides is 1. The number of carbonyl (C=O) groups is 1. The number of thiocarbonyl (C=S) groups is 1. The summed E-state index contributed by atoms with van der Waals surface area (Å²) in [6.45, 7) is 1.49. The summed E-state index contributed by atoms with van der Waals surface area (Å²) in [5, 5.41) is 11.4. The van der Waals surface area contributed by atoms with Crippen molar-refractivity contribution in [1.82, 2.24) is 14.5 Å². The molecule has 0 aromatic heterocycles. The van der Waals surface area contributed by atoms with Crippen LogP contribution in [0.15, 0.2) is 29.2 Å². The Hall–Kier alpha value is -2.02. The molecular formula is C16H20N4O3S2. The molecule has 1 amide bonds. The largest absolute Gasteiger partial charge is 0.351 e. The van der Waals surface area contributed by atoms with Crippen LogP contribution in [0, 0.1) is 11.3 Å². The van der Waals surface area contributed by atoms with Crippen molar-refractivity contribution >= 4 is 33.3 Å². The van der Waals surface area contributed by atoms with Crippen LogP contribution in [0.25, 0.3) is 0 Å². The summed E-state index contributed by atoms with van der Waals surface area (Å²) in [6.07, 6.45) is 2.04. The van der Waals surface area contributed by atoms with E-state index in [0.29, 0.717) is 31.6 Å². The maximum absolute atomic E-state index is 12.5. The highest BCUT2D eigenvalue weighted by Gasteiger charge is 2.27. The van der Waals surface area contributed by atoms with E-state index in [0.717, 1.165) is 12.8 Å². The number of nitriles is 1. The molecule has 0 bridgehead atoms. The first-order valence-electron chi connectivity index (χ1n) is 7.90. The molecule has 0 saturated carbocycles. The molecule has 1 fully saturated rings. The van der Waals surface area contributed by atoms with E-state index in [1.165, 1.54) is 28.6 Å². The van der Waals surface area contributed by atoms with Gasteiger partial charge in [-0.25, -0.2) is 8.42 Å². The molecule has 1 saturated heterocycles. The molecule has 0 unspecified atom stereocenters. The molecule has 0 spiro atoms. The molecule has 1 aromatic carbocycles. The van der Waals surface area contributed by atoms with Gasteiger partial charge in [0.15, 0.2) is 5.11 Å². The van der Waals surface area contributed by atoms with Crippen molar-refractivity contribution < 1.29 is 13.2 Å². The normalized spacial score (nSPS) is 14.7. The fraction of sp³-hybridized carbons (Fsp3) is 0.438. The Bertz CT molecular complexity index is 779. The molecular weight excluding hydrogens is 360 g/mol. The summed E-state index contributed by atoms with van der Waals surface area (Å²) in [4.78, 5) is 14.0. The van der Waals surface area contributed by atoms with Crippen molar-refractivity contribution in [1.29, 1.82) is 5.26 Å². The zero-order valence-corrected chi connectivity index (χ0v) is 15.6. The summed E-state index contributed by atoms with van der Waals surface area (Å²) < 4.78 is 26.4. The highest BCUT2D eigenvalue weighted by Crippen LogP contribution is 2.21. The summed E-state index contributed by atoms with van der Waals surface area (Å²) in [5.41, 5.74) is 0.316. The van der Waals surface area contributed by atoms with Gasteiger partial charge >= 0.3 is 0 Å². The number of carbonyl (C=O) groups excluding carboxylic acids is 1. The maximum atomic E-state index is 12.5. The minimum Gasteiger partial charge on any atom is -0.351 e. The molecule has 0 radical (unpaired) electrons. The van der Waals surface area contributed by atoms with Crippen LogP contribution in [0.3, 0.4) is 0 Å². The van der Waals surface area contributed by atoms with Gasteiger partial charge in [0.2, 0.25) is 10.0 Å². The van der Waals surface area contributed by atoms with Gasteiger partial charge in [-0.1, -0.05) is 0 Å². The Balaban J connectivity index is 2.03. The Kier molecular flexibility index (Phi) is 6.47. The third-order valence-corrected chi connectivity index (χ3v) is 6.27. The molecule has 1 N–H and O–H groups in total. The van der Waals surface area contributed by atoms with Gasteiger partial charge in [0.1, 0.15) is 0 Å². The zero-order chi connectivity index (χ0) is 18.4. The molecule has 25 heavy (non-hydrogen) atoms. The smallest absolute Gasteiger partial charge is 0.257 e. The third-order valence-electron chi connectivity index (χ3n) is 3.95. The first-order chi connectivity index (χ1) is 11.9. The van der Waals surface area contributed by atoms with Gasteiger partial charge in [-0.3, -0.25) is 10.1 Å². The molecule has 134 valence electrons. The molecule has 2 rings (SSSR count). The summed E-state index contributed by atoms with van der Waals surface area (Å²) in [6, 6.07) is 7.81. The lowest BCUT2D eigenvalue weighted by Gasteiger charge is -2.19.